The number of hydrogen-bond acceptors (Lipinski definition) is 3. The summed E-state index contributed by atoms with van der Waals surface area (Å²) in [5, 5.41) is 6.34. The number of carbonyl (C=O) groups excluding carboxylic acids is 1. The second-order valence-electron chi connectivity index (χ2n) is 4.89. The molecule has 0 aliphatic carbocycles. The summed E-state index contributed by atoms with van der Waals surface area (Å²) in [7, 11) is 1.68. The van der Waals surface area contributed by atoms with Crippen LogP contribution in [0.5, 0.6) is 0 Å². The quantitative estimate of drug-likeness (QED) is 0.731. The smallest absolute Gasteiger partial charge is 0.224 e. The molecule has 3 atom stereocenters. The lowest BCUT2D eigenvalue weighted by Gasteiger charge is -2.28. The highest BCUT2D eigenvalue weighted by Gasteiger charge is 2.25. The maximum absolute atomic E-state index is 11.9. The Morgan fingerprint density at radius 2 is 2.31 bits per heavy atom. The van der Waals surface area contributed by atoms with Crippen LogP contribution >= 0.6 is 0 Å². The Morgan fingerprint density at radius 3 is 2.94 bits per heavy atom. The Bertz CT molecular complexity index is 221. The van der Waals surface area contributed by atoms with Crippen molar-refractivity contribution in [1.82, 2.24) is 10.6 Å². The summed E-state index contributed by atoms with van der Waals surface area (Å²) in [5.41, 5.74) is 0. The van der Waals surface area contributed by atoms with Gasteiger partial charge in [0, 0.05) is 26.3 Å². The van der Waals surface area contributed by atoms with Crippen LogP contribution in [0, 0.1) is 11.8 Å². The summed E-state index contributed by atoms with van der Waals surface area (Å²) in [5.74, 6) is 0.912. The van der Waals surface area contributed by atoms with Gasteiger partial charge < -0.3 is 15.4 Å². The molecule has 1 heterocycles. The predicted octanol–water partition coefficient (Wildman–Crippen LogP) is 0.773. The molecular weight excluding hydrogens is 204 g/mol. The molecule has 0 aromatic carbocycles. The third kappa shape index (κ3) is 4.49. The van der Waals surface area contributed by atoms with Gasteiger partial charge in [-0.1, -0.05) is 6.92 Å². The maximum atomic E-state index is 11.9. The Morgan fingerprint density at radius 1 is 1.56 bits per heavy atom. The van der Waals surface area contributed by atoms with E-state index in [1.54, 1.807) is 7.11 Å². The first kappa shape index (κ1) is 13.5. The van der Waals surface area contributed by atoms with Gasteiger partial charge in [0.05, 0.1) is 5.92 Å². The van der Waals surface area contributed by atoms with E-state index in [0.717, 1.165) is 25.9 Å². The van der Waals surface area contributed by atoms with E-state index in [2.05, 4.69) is 17.6 Å². The van der Waals surface area contributed by atoms with Crippen molar-refractivity contribution in [2.24, 2.45) is 11.8 Å². The van der Waals surface area contributed by atoms with Crippen LogP contribution in [0.1, 0.15) is 26.7 Å². The lowest BCUT2D eigenvalue weighted by molar-refractivity contribution is -0.126. The molecule has 4 nitrogen and oxygen atoms in total. The molecule has 1 fully saturated rings. The lowest BCUT2D eigenvalue weighted by Crippen LogP contribution is -2.45. The van der Waals surface area contributed by atoms with Crippen molar-refractivity contribution >= 4 is 5.91 Å². The van der Waals surface area contributed by atoms with E-state index < -0.39 is 0 Å². The third-order valence-electron chi connectivity index (χ3n) is 3.08. The van der Waals surface area contributed by atoms with Crippen LogP contribution in [0.2, 0.25) is 0 Å². The summed E-state index contributed by atoms with van der Waals surface area (Å²) < 4.78 is 4.99. The highest BCUT2D eigenvalue weighted by atomic mass is 16.5. The highest BCUT2D eigenvalue weighted by molar-refractivity contribution is 5.79. The third-order valence-corrected chi connectivity index (χ3v) is 3.08. The molecule has 3 unspecified atom stereocenters. The van der Waals surface area contributed by atoms with Crippen LogP contribution in [0.4, 0.5) is 0 Å². The molecule has 1 aliphatic rings. The zero-order valence-corrected chi connectivity index (χ0v) is 10.6. The summed E-state index contributed by atoms with van der Waals surface area (Å²) in [6, 6.07) is 0.199. The Labute approximate surface area is 98.1 Å². The van der Waals surface area contributed by atoms with Crippen LogP contribution in [0.3, 0.4) is 0 Å². The highest BCUT2D eigenvalue weighted by Crippen LogP contribution is 2.15. The minimum Gasteiger partial charge on any atom is -0.385 e. The van der Waals surface area contributed by atoms with Crippen molar-refractivity contribution in [1.29, 1.82) is 0 Å². The Balaban J connectivity index is 2.27. The molecule has 1 saturated heterocycles. The second-order valence-corrected chi connectivity index (χ2v) is 4.89. The van der Waals surface area contributed by atoms with Gasteiger partial charge in [0.15, 0.2) is 0 Å². The first-order valence-corrected chi connectivity index (χ1v) is 6.13. The Kier molecular flexibility index (Phi) is 5.77. The van der Waals surface area contributed by atoms with Crippen LogP contribution < -0.4 is 10.6 Å². The van der Waals surface area contributed by atoms with E-state index in [-0.39, 0.29) is 17.9 Å². The summed E-state index contributed by atoms with van der Waals surface area (Å²) in [6.45, 7) is 6.74. The number of methoxy groups -OCH3 is 1. The fourth-order valence-corrected chi connectivity index (χ4v) is 2.08. The number of carbonyl (C=O) groups is 1. The van der Waals surface area contributed by atoms with Crippen molar-refractivity contribution in [2.45, 2.75) is 32.7 Å². The standard InChI is InChI=1S/C12H24N2O2/c1-9-6-11(8-13-7-9)12(15)14-10(2)4-5-16-3/h9-11,13H,4-8H2,1-3H3,(H,14,15). The average Bonchev–Trinajstić information content (AvgIpc) is 2.26. The predicted molar refractivity (Wildman–Crippen MR) is 64.2 cm³/mol. The molecule has 0 aromatic rings. The molecule has 1 rings (SSSR count). The molecule has 0 aromatic heterocycles. The van der Waals surface area contributed by atoms with Gasteiger partial charge in [0.2, 0.25) is 5.91 Å². The fourth-order valence-electron chi connectivity index (χ4n) is 2.08. The zero-order valence-electron chi connectivity index (χ0n) is 10.6. The van der Waals surface area contributed by atoms with Gasteiger partial charge in [-0.15, -0.1) is 0 Å². The van der Waals surface area contributed by atoms with Gasteiger partial charge in [-0.3, -0.25) is 4.79 Å². The lowest BCUT2D eigenvalue weighted by atomic mass is 9.91. The van der Waals surface area contributed by atoms with Gasteiger partial charge in [-0.05, 0) is 32.2 Å². The number of rotatable bonds is 5. The maximum Gasteiger partial charge on any atom is 0.224 e. The average molecular weight is 228 g/mol. The normalized spacial score (nSPS) is 27.4. The van der Waals surface area contributed by atoms with Gasteiger partial charge in [-0.25, -0.2) is 0 Å². The van der Waals surface area contributed by atoms with Gasteiger partial charge in [-0.2, -0.15) is 0 Å². The minimum absolute atomic E-state index is 0.133. The van der Waals surface area contributed by atoms with E-state index in [9.17, 15) is 4.79 Å². The molecule has 1 aliphatic heterocycles. The van der Waals surface area contributed by atoms with E-state index in [1.165, 1.54) is 0 Å². The van der Waals surface area contributed by atoms with E-state index in [0.29, 0.717) is 12.5 Å². The Hall–Kier alpha value is -0.610. The molecular formula is C12H24N2O2. The van der Waals surface area contributed by atoms with Crippen LogP contribution in [0.25, 0.3) is 0 Å². The molecule has 0 saturated carbocycles. The van der Waals surface area contributed by atoms with Crippen molar-refractivity contribution in [2.75, 3.05) is 26.8 Å². The molecule has 2 N–H and O–H groups in total. The van der Waals surface area contributed by atoms with Crippen LogP contribution in [-0.2, 0) is 9.53 Å². The van der Waals surface area contributed by atoms with E-state index >= 15 is 0 Å². The monoisotopic (exact) mass is 228 g/mol. The summed E-state index contributed by atoms with van der Waals surface area (Å²) >= 11 is 0. The van der Waals surface area contributed by atoms with Crippen molar-refractivity contribution < 1.29 is 9.53 Å². The number of piperidine rings is 1. The largest absolute Gasteiger partial charge is 0.385 e. The van der Waals surface area contributed by atoms with Gasteiger partial charge in [0.1, 0.15) is 0 Å². The first-order valence-electron chi connectivity index (χ1n) is 6.13. The fraction of sp³-hybridized carbons (Fsp3) is 0.917. The number of nitrogens with one attached hydrogen (secondary N) is 2. The van der Waals surface area contributed by atoms with Gasteiger partial charge in [0.25, 0.3) is 0 Å². The molecule has 0 spiro atoms. The van der Waals surface area contributed by atoms with Crippen LogP contribution in [-0.4, -0.2) is 38.8 Å². The van der Waals surface area contributed by atoms with Crippen molar-refractivity contribution in [3.05, 3.63) is 0 Å². The van der Waals surface area contributed by atoms with E-state index in [4.69, 9.17) is 4.74 Å². The van der Waals surface area contributed by atoms with E-state index in [1.807, 2.05) is 6.92 Å². The first-order chi connectivity index (χ1) is 7.63. The SMILES string of the molecule is COCCC(C)NC(=O)C1CNCC(C)C1. The molecule has 0 bridgehead atoms. The molecule has 0 radical (unpaired) electrons. The second kappa shape index (κ2) is 6.86. The molecule has 1 amide bonds. The summed E-state index contributed by atoms with van der Waals surface area (Å²) in [6.07, 6.45) is 1.87. The molecule has 94 valence electrons. The minimum atomic E-state index is 0.133. The molecule has 4 heteroatoms. The topological polar surface area (TPSA) is 50.4 Å². The van der Waals surface area contributed by atoms with Crippen molar-refractivity contribution in [3.8, 4) is 0 Å². The summed E-state index contributed by atoms with van der Waals surface area (Å²) in [4.78, 5) is 11.9. The molecule has 16 heavy (non-hydrogen) atoms. The zero-order chi connectivity index (χ0) is 12.0. The number of amides is 1. The number of hydrogen-bond donors (Lipinski definition) is 2. The van der Waals surface area contributed by atoms with Crippen LogP contribution in [0.15, 0.2) is 0 Å². The van der Waals surface area contributed by atoms with Crippen molar-refractivity contribution in [3.63, 3.8) is 0 Å². The van der Waals surface area contributed by atoms with Gasteiger partial charge >= 0.3 is 0 Å². The number of ether oxygens (including phenoxy) is 1.